The van der Waals surface area contributed by atoms with Crippen LogP contribution in [0.2, 0.25) is 0 Å². The first kappa shape index (κ1) is 14.6. The molecule has 0 aliphatic rings. The van der Waals surface area contributed by atoms with Crippen LogP contribution in [0.25, 0.3) is 0 Å². The minimum Gasteiger partial charge on any atom is -0.291 e. The quantitative estimate of drug-likeness (QED) is 0.812. The van der Waals surface area contributed by atoms with Crippen molar-refractivity contribution in [3.8, 4) is 0 Å². The van der Waals surface area contributed by atoms with Crippen molar-refractivity contribution in [2.24, 2.45) is 0 Å². The molecule has 0 atom stereocenters. The van der Waals surface area contributed by atoms with E-state index in [0.29, 0.717) is 6.67 Å². The van der Waals surface area contributed by atoms with Gasteiger partial charge in [-0.1, -0.05) is 18.2 Å². The van der Waals surface area contributed by atoms with E-state index in [0.717, 1.165) is 22.5 Å². The van der Waals surface area contributed by atoms with Crippen LogP contribution >= 0.6 is 11.6 Å². The van der Waals surface area contributed by atoms with Gasteiger partial charge in [0.25, 0.3) is 0 Å². The first-order valence-corrected chi connectivity index (χ1v) is 6.99. The van der Waals surface area contributed by atoms with Crippen molar-refractivity contribution in [1.29, 1.82) is 0 Å². The van der Waals surface area contributed by atoms with E-state index in [1.807, 2.05) is 51.2 Å². The van der Waals surface area contributed by atoms with Gasteiger partial charge in [0, 0.05) is 6.20 Å². The zero-order valence-electron chi connectivity index (χ0n) is 11.9. The molecule has 1 amide bonds. The Kier molecular flexibility index (Phi) is 4.45. The molecule has 0 bridgehead atoms. The van der Waals surface area contributed by atoms with E-state index >= 15 is 0 Å². The number of alkyl halides is 1. The van der Waals surface area contributed by atoms with Crippen LogP contribution in [0.15, 0.2) is 30.5 Å². The summed E-state index contributed by atoms with van der Waals surface area (Å²) in [4.78, 5) is 13.9. The summed E-state index contributed by atoms with van der Waals surface area (Å²) < 4.78 is 1.74. The van der Waals surface area contributed by atoms with Crippen molar-refractivity contribution >= 4 is 23.2 Å². The predicted octanol–water partition coefficient (Wildman–Crippen LogP) is 3.04. The van der Waals surface area contributed by atoms with Crippen molar-refractivity contribution in [1.82, 2.24) is 9.78 Å². The number of anilines is 1. The molecule has 0 spiro atoms. The van der Waals surface area contributed by atoms with Gasteiger partial charge in [0.2, 0.25) is 5.91 Å². The first-order valence-electron chi connectivity index (χ1n) is 6.45. The number of hydrogen-bond acceptors (Lipinski definition) is 2. The third kappa shape index (κ3) is 3.02. The number of carbonyl (C=O) groups is 1. The molecule has 1 aromatic heterocycles. The highest BCUT2D eigenvalue weighted by atomic mass is 35.5. The molecule has 0 fully saturated rings. The summed E-state index contributed by atoms with van der Waals surface area (Å²) in [7, 11) is 0. The molecule has 2 rings (SSSR count). The number of amides is 1. The monoisotopic (exact) mass is 291 g/mol. The maximum Gasteiger partial charge on any atom is 0.243 e. The molecule has 1 aromatic carbocycles. The van der Waals surface area contributed by atoms with Gasteiger partial charge in [-0.2, -0.15) is 5.10 Å². The number of aryl methyl sites for hydroxylation is 3. The summed E-state index contributed by atoms with van der Waals surface area (Å²) in [6.45, 7) is 6.27. The Morgan fingerprint density at radius 1 is 1.25 bits per heavy atom. The van der Waals surface area contributed by atoms with E-state index in [9.17, 15) is 4.79 Å². The number of rotatable bonds is 4. The largest absolute Gasteiger partial charge is 0.291 e. The summed E-state index contributed by atoms with van der Waals surface area (Å²) in [5.41, 5.74) is 3.93. The van der Waals surface area contributed by atoms with Gasteiger partial charge in [-0.25, -0.2) is 0 Å². The highest BCUT2D eigenvalue weighted by molar-refractivity contribution is 6.29. The summed E-state index contributed by atoms with van der Waals surface area (Å²) in [6, 6.07) is 7.88. The van der Waals surface area contributed by atoms with Crippen LogP contribution in [0.5, 0.6) is 0 Å². The Labute approximate surface area is 124 Å². The minimum atomic E-state index is -0.128. The molecular weight excluding hydrogens is 274 g/mol. The van der Waals surface area contributed by atoms with E-state index in [-0.39, 0.29) is 11.8 Å². The topological polar surface area (TPSA) is 38.1 Å². The highest BCUT2D eigenvalue weighted by Gasteiger charge is 2.19. The van der Waals surface area contributed by atoms with Crippen molar-refractivity contribution < 1.29 is 4.79 Å². The molecule has 0 saturated heterocycles. The van der Waals surface area contributed by atoms with Gasteiger partial charge in [0.1, 0.15) is 12.5 Å². The number of aromatic nitrogens is 2. The Morgan fingerprint density at radius 2 is 1.90 bits per heavy atom. The highest BCUT2D eigenvalue weighted by Crippen LogP contribution is 2.25. The molecule has 1 heterocycles. The number of carbonyl (C=O) groups excluding carboxylic acids is 1. The Hall–Kier alpha value is -1.81. The van der Waals surface area contributed by atoms with E-state index in [2.05, 4.69) is 5.10 Å². The number of nitrogens with zero attached hydrogens (tertiary/aromatic N) is 3. The second kappa shape index (κ2) is 6.09. The third-order valence-corrected chi connectivity index (χ3v) is 3.41. The van der Waals surface area contributed by atoms with Crippen molar-refractivity contribution in [3.63, 3.8) is 0 Å². The lowest BCUT2D eigenvalue weighted by atomic mass is 10.1. The number of benzene rings is 1. The fraction of sp³-hybridized carbons (Fsp3) is 0.333. The van der Waals surface area contributed by atoms with Gasteiger partial charge in [-0.05, 0) is 38.0 Å². The standard InChI is InChI=1S/C15H18ClN3O/c1-11-5-4-6-12(2)15(11)19(14(20)9-16)10-18-8-7-13(3)17-18/h4-8H,9-10H2,1-3H3. The normalized spacial score (nSPS) is 10.6. The van der Waals surface area contributed by atoms with Crippen molar-refractivity contribution in [3.05, 3.63) is 47.3 Å². The lowest BCUT2D eigenvalue weighted by Gasteiger charge is -2.25. The molecule has 0 aliphatic heterocycles. The van der Waals surface area contributed by atoms with Crippen LogP contribution in [0.4, 0.5) is 5.69 Å². The molecule has 106 valence electrons. The maximum absolute atomic E-state index is 12.2. The number of halogens is 1. The van der Waals surface area contributed by atoms with Crippen LogP contribution < -0.4 is 4.90 Å². The molecule has 0 N–H and O–H groups in total. The molecule has 0 radical (unpaired) electrons. The molecular formula is C15H18ClN3O. The third-order valence-electron chi connectivity index (χ3n) is 3.19. The van der Waals surface area contributed by atoms with Crippen LogP contribution in [0.1, 0.15) is 16.8 Å². The summed E-state index contributed by atoms with van der Waals surface area (Å²) >= 11 is 5.75. The van der Waals surface area contributed by atoms with Crippen molar-refractivity contribution in [2.45, 2.75) is 27.4 Å². The molecule has 5 heteroatoms. The number of hydrogen-bond donors (Lipinski definition) is 0. The second-order valence-corrected chi connectivity index (χ2v) is 5.10. The summed E-state index contributed by atoms with van der Waals surface area (Å²) in [5.74, 6) is -0.175. The van der Waals surface area contributed by atoms with E-state index in [1.54, 1.807) is 9.58 Å². The van der Waals surface area contributed by atoms with Crippen LogP contribution in [0.3, 0.4) is 0 Å². The molecule has 0 unspecified atom stereocenters. The van der Waals surface area contributed by atoms with Crippen LogP contribution in [-0.2, 0) is 11.5 Å². The fourth-order valence-corrected chi connectivity index (χ4v) is 2.41. The predicted molar refractivity (Wildman–Crippen MR) is 81.1 cm³/mol. The zero-order chi connectivity index (χ0) is 14.7. The average molecular weight is 292 g/mol. The van der Waals surface area contributed by atoms with E-state index < -0.39 is 0 Å². The Morgan fingerprint density at radius 3 is 2.40 bits per heavy atom. The smallest absolute Gasteiger partial charge is 0.243 e. The Balaban J connectivity index is 2.40. The Bertz CT molecular complexity index is 601. The number of para-hydroxylation sites is 1. The lowest BCUT2D eigenvalue weighted by molar-refractivity contribution is -0.116. The van der Waals surface area contributed by atoms with Gasteiger partial charge in [0.05, 0.1) is 11.4 Å². The summed E-state index contributed by atoms with van der Waals surface area (Å²) in [5, 5.41) is 4.33. The molecule has 20 heavy (non-hydrogen) atoms. The van der Waals surface area contributed by atoms with Crippen molar-refractivity contribution in [2.75, 3.05) is 10.8 Å². The SMILES string of the molecule is Cc1ccn(CN(C(=O)CCl)c2c(C)cccc2C)n1. The molecule has 0 aliphatic carbocycles. The van der Waals surface area contributed by atoms with Crippen LogP contribution in [0, 0.1) is 20.8 Å². The second-order valence-electron chi connectivity index (χ2n) is 4.83. The summed E-state index contributed by atoms with van der Waals surface area (Å²) in [6.07, 6.45) is 1.86. The molecule has 4 nitrogen and oxygen atoms in total. The minimum absolute atomic E-state index is 0.0476. The lowest BCUT2D eigenvalue weighted by Crippen LogP contribution is -2.35. The van der Waals surface area contributed by atoms with Gasteiger partial charge in [-0.3, -0.25) is 14.4 Å². The van der Waals surface area contributed by atoms with Gasteiger partial charge >= 0.3 is 0 Å². The molecule has 2 aromatic rings. The van der Waals surface area contributed by atoms with Crippen LogP contribution in [-0.4, -0.2) is 21.6 Å². The van der Waals surface area contributed by atoms with Gasteiger partial charge < -0.3 is 0 Å². The maximum atomic E-state index is 12.2. The van der Waals surface area contributed by atoms with Gasteiger partial charge in [0.15, 0.2) is 0 Å². The first-order chi connectivity index (χ1) is 9.52. The van der Waals surface area contributed by atoms with E-state index in [1.165, 1.54) is 0 Å². The van der Waals surface area contributed by atoms with E-state index in [4.69, 9.17) is 11.6 Å². The molecule has 0 saturated carbocycles. The zero-order valence-corrected chi connectivity index (χ0v) is 12.7. The van der Waals surface area contributed by atoms with Gasteiger partial charge in [-0.15, -0.1) is 11.6 Å². The average Bonchev–Trinajstić information content (AvgIpc) is 2.82. The fourth-order valence-electron chi connectivity index (χ4n) is 2.26.